The Labute approximate surface area is 232 Å². The van der Waals surface area contributed by atoms with Crippen LogP contribution in [0.3, 0.4) is 0 Å². The maximum atomic E-state index is 12.4. The number of rotatable bonds is 5. The molecule has 0 unspecified atom stereocenters. The smallest absolute Gasteiger partial charge is 0.250 e. The van der Waals surface area contributed by atoms with Crippen LogP contribution in [0, 0.1) is 0 Å². The van der Waals surface area contributed by atoms with Gasteiger partial charge in [0.15, 0.2) is 5.11 Å². The first-order valence-electron chi connectivity index (χ1n) is 11.0. The molecule has 5 aromatic rings. The normalized spacial score (nSPS) is 11.2. The second-order valence-corrected chi connectivity index (χ2v) is 9.56. The quantitative estimate of drug-likeness (QED) is 0.148. The lowest BCUT2D eigenvalue weighted by molar-refractivity contribution is -0.115. The number of carbonyl (C=O) groups excluding carboxylic acids is 1. The van der Waals surface area contributed by atoms with Crippen LogP contribution in [0.15, 0.2) is 83.3 Å². The summed E-state index contributed by atoms with van der Waals surface area (Å²) in [6.07, 6.45) is 2.84. The van der Waals surface area contributed by atoms with Gasteiger partial charge in [0.25, 0.3) is 0 Å². The molecule has 0 fully saturated rings. The topological polar surface area (TPSA) is 82.9 Å². The third kappa shape index (κ3) is 5.87. The van der Waals surface area contributed by atoms with Crippen LogP contribution in [0.25, 0.3) is 39.8 Å². The number of anilines is 1. The van der Waals surface area contributed by atoms with Crippen molar-refractivity contribution in [3.63, 3.8) is 0 Å². The molecule has 10 heteroatoms. The molecule has 0 aliphatic rings. The van der Waals surface area contributed by atoms with Crippen molar-refractivity contribution in [1.82, 2.24) is 15.3 Å². The number of furan rings is 1. The first-order valence-corrected chi connectivity index (χ1v) is 12.5. The van der Waals surface area contributed by atoms with Crippen LogP contribution >= 0.6 is 47.0 Å². The minimum atomic E-state index is -0.440. The number of imidazole rings is 1. The second-order valence-electron chi connectivity index (χ2n) is 7.90. The standard InChI is InChI=1S/C27H17Cl3N4O2S/c28-16-6-9-18(20(30)14-16)24-11-7-17(36-24)8-12-25(35)34-27(37)33-23-13-15(5-10-19(23)29)26-31-21-3-1-2-4-22(21)32-26/h1-14H,(H,31,32)(H2,33,34,35,37)/b12-8+. The molecule has 1 amide bonds. The van der Waals surface area contributed by atoms with Crippen molar-refractivity contribution in [2.75, 3.05) is 5.32 Å². The van der Waals surface area contributed by atoms with E-state index in [1.807, 2.05) is 30.3 Å². The number of aromatic nitrogens is 2. The summed E-state index contributed by atoms with van der Waals surface area (Å²) in [4.78, 5) is 20.3. The molecule has 0 aliphatic carbocycles. The predicted molar refractivity (Wildman–Crippen MR) is 154 cm³/mol. The van der Waals surface area contributed by atoms with Gasteiger partial charge in [-0.1, -0.05) is 46.9 Å². The predicted octanol–water partition coefficient (Wildman–Crippen LogP) is 7.98. The molecule has 0 spiro atoms. The molecular weight excluding hydrogens is 551 g/mol. The van der Waals surface area contributed by atoms with Crippen molar-refractivity contribution in [2.45, 2.75) is 0 Å². The molecule has 37 heavy (non-hydrogen) atoms. The van der Waals surface area contributed by atoms with Crippen molar-refractivity contribution in [2.24, 2.45) is 0 Å². The SMILES string of the molecule is O=C(/C=C/c1ccc(-c2ccc(Cl)cc2Cl)o1)NC(=S)Nc1cc(-c2nc3ccccc3[nH]2)ccc1Cl. The highest BCUT2D eigenvalue weighted by Gasteiger charge is 2.11. The van der Waals surface area contributed by atoms with Gasteiger partial charge in [0.2, 0.25) is 5.91 Å². The fourth-order valence-corrected chi connectivity index (χ4v) is 4.48. The van der Waals surface area contributed by atoms with E-state index >= 15 is 0 Å². The molecule has 6 nitrogen and oxygen atoms in total. The van der Waals surface area contributed by atoms with Crippen molar-refractivity contribution in [3.8, 4) is 22.7 Å². The fourth-order valence-electron chi connectivity index (χ4n) is 3.60. The highest BCUT2D eigenvalue weighted by Crippen LogP contribution is 2.32. The molecular formula is C27H17Cl3N4O2S. The molecule has 184 valence electrons. The number of thiocarbonyl (C=S) groups is 1. The molecule has 0 radical (unpaired) electrons. The Morgan fingerprint density at radius 1 is 0.973 bits per heavy atom. The Bertz CT molecular complexity index is 1640. The number of halogens is 3. The Kier molecular flexibility index (Phi) is 7.30. The summed E-state index contributed by atoms with van der Waals surface area (Å²) < 4.78 is 5.77. The van der Waals surface area contributed by atoms with Gasteiger partial charge in [0, 0.05) is 22.2 Å². The first-order chi connectivity index (χ1) is 17.9. The number of amides is 1. The number of fused-ring (bicyclic) bond motifs is 1. The van der Waals surface area contributed by atoms with Crippen LogP contribution in [0.4, 0.5) is 5.69 Å². The Morgan fingerprint density at radius 2 is 1.81 bits per heavy atom. The van der Waals surface area contributed by atoms with E-state index in [2.05, 4.69) is 20.6 Å². The summed E-state index contributed by atoms with van der Waals surface area (Å²) in [7, 11) is 0. The summed E-state index contributed by atoms with van der Waals surface area (Å²) in [6.45, 7) is 0. The lowest BCUT2D eigenvalue weighted by Gasteiger charge is -2.11. The molecule has 0 aliphatic heterocycles. The van der Waals surface area contributed by atoms with E-state index in [1.54, 1.807) is 42.5 Å². The van der Waals surface area contributed by atoms with Gasteiger partial charge in [-0.05, 0) is 79.0 Å². The molecule has 0 bridgehead atoms. The van der Waals surface area contributed by atoms with Crippen molar-refractivity contribution in [1.29, 1.82) is 0 Å². The van der Waals surface area contributed by atoms with E-state index in [1.165, 1.54) is 12.2 Å². The molecule has 0 atom stereocenters. The van der Waals surface area contributed by atoms with Gasteiger partial charge in [-0.25, -0.2) is 4.98 Å². The molecule has 0 saturated heterocycles. The van der Waals surface area contributed by atoms with E-state index in [0.29, 0.717) is 43.7 Å². The average molecular weight is 568 g/mol. The number of hydrogen-bond donors (Lipinski definition) is 3. The van der Waals surface area contributed by atoms with Crippen LogP contribution < -0.4 is 10.6 Å². The average Bonchev–Trinajstić information content (AvgIpc) is 3.51. The number of nitrogens with one attached hydrogen (secondary N) is 3. The number of para-hydroxylation sites is 2. The second kappa shape index (κ2) is 10.8. The van der Waals surface area contributed by atoms with E-state index in [0.717, 1.165) is 16.6 Å². The summed E-state index contributed by atoms with van der Waals surface area (Å²) in [6, 6.07) is 21.8. The Balaban J connectivity index is 1.23. The largest absolute Gasteiger partial charge is 0.457 e. The number of carbonyl (C=O) groups is 1. The number of H-pyrrole nitrogens is 1. The maximum absolute atomic E-state index is 12.4. The molecule has 2 heterocycles. The number of hydrogen-bond acceptors (Lipinski definition) is 4. The van der Waals surface area contributed by atoms with Crippen LogP contribution in [0.1, 0.15) is 5.76 Å². The van der Waals surface area contributed by atoms with Crippen LogP contribution in [0.2, 0.25) is 15.1 Å². The fraction of sp³-hybridized carbons (Fsp3) is 0. The lowest BCUT2D eigenvalue weighted by Crippen LogP contribution is -2.32. The molecule has 5 rings (SSSR count). The Hall–Kier alpha value is -3.62. The van der Waals surface area contributed by atoms with Gasteiger partial charge in [-0.2, -0.15) is 0 Å². The van der Waals surface area contributed by atoms with Gasteiger partial charge in [-0.3, -0.25) is 10.1 Å². The van der Waals surface area contributed by atoms with E-state index < -0.39 is 5.91 Å². The number of nitrogens with zero attached hydrogens (tertiary/aromatic N) is 1. The lowest BCUT2D eigenvalue weighted by atomic mass is 10.2. The van der Waals surface area contributed by atoms with Crippen LogP contribution in [-0.4, -0.2) is 21.0 Å². The highest BCUT2D eigenvalue weighted by atomic mass is 35.5. The number of benzene rings is 3. The maximum Gasteiger partial charge on any atom is 0.250 e. The van der Waals surface area contributed by atoms with Gasteiger partial charge >= 0.3 is 0 Å². The molecule has 3 aromatic carbocycles. The van der Waals surface area contributed by atoms with Crippen molar-refractivity contribution < 1.29 is 9.21 Å². The number of aromatic amines is 1. The zero-order valence-electron chi connectivity index (χ0n) is 18.9. The zero-order chi connectivity index (χ0) is 25.9. The van der Waals surface area contributed by atoms with Crippen molar-refractivity contribution >= 4 is 80.8 Å². The summed E-state index contributed by atoms with van der Waals surface area (Å²) in [5.74, 6) is 1.27. The highest BCUT2D eigenvalue weighted by molar-refractivity contribution is 7.80. The van der Waals surface area contributed by atoms with Gasteiger partial charge in [0.05, 0.1) is 26.8 Å². The summed E-state index contributed by atoms with van der Waals surface area (Å²) in [5.41, 5.74) is 3.83. The van der Waals surface area contributed by atoms with Gasteiger partial charge in [-0.15, -0.1) is 0 Å². The van der Waals surface area contributed by atoms with Gasteiger partial charge in [0.1, 0.15) is 17.3 Å². The van der Waals surface area contributed by atoms with Crippen molar-refractivity contribution in [3.05, 3.63) is 99.7 Å². The minimum Gasteiger partial charge on any atom is -0.457 e. The summed E-state index contributed by atoms with van der Waals surface area (Å²) in [5, 5.41) is 7.09. The van der Waals surface area contributed by atoms with E-state index in [9.17, 15) is 4.79 Å². The minimum absolute atomic E-state index is 0.0892. The van der Waals surface area contributed by atoms with Crippen LogP contribution in [0.5, 0.6) is 0 Å². The summed E-state index contributed by atoms with van der Waals surface area (Å²) >= 11 is 23.8. The molecule has 0 saturated carbocycles. The Morgan fingerprint density at radius 3 is 2.62 bits per heavy atom. The monoisotopic (exact) mass is 566 g/mol. The zero-order valence-corrected chi connectivity index (χ0v) is 22.0. The van der Waals surface area contributed by atoms with Crippen LogP contribution in [-0.2, 0) is 4.79 Å². The molecule has 3 N–H and O–H groups in total. The third-order valence-corrected chi connectivity index (χ3v) is 6.42. The first kappa shape index (κ1) is 25.0. The third-order valence-electron chi connectivity index (χ3n) is 5.34. The van der Waals surface area contributed by atoms with Gasteiger partial charge < -0.3 is 14.7 Å². The molecule has 2 aromatic heterocycles. The van der Waals surface area contributed by atoms with E-state index in [-0.39, 0.29) is 5.11 Å². The van der Waals surface area contributed by atoms with E-state index in [4.69, 9.17) is 51.4 Å².